The fraction of sp³-hybridized carbons (Fsp3) is 0.250. The first kappa shape index (κ1) is 15.0. The molecule has 110 valence electrons. The minimum absolute atomic E-state index is 0.0632. The Balaban J connectivity index is 1.99. The Bertz CT molecular complexity index is 621. The molecule has 21 heavy (non-hydrogen) atoms. The average molecular weight is 285 g/mol. The number of nitrogens with zero attached hydrogens (tertiary/aromatic N) is 1. The Morgan fingerprint density at radius 1 is 1.24 bits per heavy atom. The number of nitrogens with two attached hydrogens (primary N) is 1. The molecule has 2 rings (SSSR count). The summed E-state index contributed by atoms with van der Waals surface area (Å²) >= 11 is 0. The molecule has 1 aromatic heterocycles. The maximum absolute atomic E-state index is 12.0. The lowest BCUT2D eigenvalue weighted by Gasteiger charge is -2.12. The van der Waals surface area contributed by atoms with E-state index < -0.39 is 0 Å². The molecule has 0 fully saturated rings. The van der Waals surface area contributed by atoms with Gasteiger partial charge in [-0.25, -0.2) is 4.98 Å². The van der Waals surface area contributed by atoms with Crippen molar-refractivity contribution >= 4 is 11.7 Å². The predicted molar refractivity (Wildman–Crippen MR) is 82.2 cm³/mol. The summed E-state index contributed by atoms with van der Waals surface area (Å²) in [5, 5.41) is 2.72. The molecule has 0 radical (unpaired) electrons. The summed E-state index contributed by atoms with van der Waals surface area (Å²) in [7, 11) is 0. The number of aromatic nitrogens is 1. The number of anilines is 1. The van der Waals surface area contributed by atoms with E-state index in [2.05, 4.69) is 10.3 Å². The van der Waals surface area contributed by atoms with E-state index in [0.717, 1.165) is 22.4 Å². The van der Waals surface area contributed by atoms with Crippen LogP contribution in [0.2, 0.25) is 0 Å². The summed E-state index contributed by atoms with van der Waals surface area (Å²) in [5.74, 6) is 0.967. The topological polar surface area (TPSA) is 77.2 Å². The van der Waals surface area contributed by atoms with Gasteiger partial charge in [0.25, 0.3) is 5.91 Å². The van der Waals surface area contributed by atoms with Crippen molar-refractivity contribution in [1.29, 1.82) is 0 Å². The standard InChI is InChI=1S/C16H19N3O2/c1-11-5-3-6-12(2)15(11)21-10-14(20)19-16-13(9-17)7-4-8-18-16/h3-8H,9-10,17H2,1-2H3,(H,18,19,20). The van der Waals surface area contributed by atoms with E-state index in [-0.39, 0.29) is 12.5 Å². The highest BCUT2D eigenvalue weighted by Gasteiger charge is 2.09. The number of aryl methyl sites for hydroxylation is 2. The summed E-state index contributed by atoms with van der Waals surface area (Å²) < 4.78 is 5.60. The largest absolute Gasteiger partial charge is 0.483 e. The van der Waals surface area contributed by atoms with Crippen molar-refractivity contribution in [3.8, 4) is 5.75 Å². The second-order valence-electron chi connectivity index (χ2n) is 4.77. The van der Waals surface area contributed by atoms with Crippen molar-refractivity contribution in [2.75, 3.05) is 11.9 Å². The number of para-hydroxylation sites is 1. The number of amides is 1. The van der Waals surface area contributed by atoms with Gasteiger partial charge < -0.3 is 15.8 Å². The van der Waals surface area contributed by atoms with Crippen molar-refractivity contribution in [1.82, 2.24) is 4.98 Å². The molecule has 0 bridgehead atoms. The molecule has 0 aliphatic carbocycles. The molecular weight excluding hydrogens is 266 g/mol. The molecular formula is C16H19N3O2. The Labute approximate surface area is 124 Å². The van der Waals surface area contributed by atoms with E-state index in [4.69, 9.17) is 10.5 Å². The van der Waals surface area contributed by atoms with E-state index in [1.807, 2.05) is 38.1 Å². The number of hydrogen-bond acceptors (Lipinski definition) is 4. The van der Waals surface area contributed by atoms with Gasteiger partial charge in [0.1, 0.15) is 11.6 Å². The molecule has 0 saturated carbocycles. The second-order valence-corrected chi connectivity index (χ2v) is 4.77. The van der Waals surface area contributed by atoms with Crippen LogP contribution in [0, 0.1) is 13.8 Å². The second kappa shape index (κ2) is 6.85. The van der Waals surface area contributed by atoms with Crippen LogP contribution in [-0.4, -0.2) is 17.5 Å². The molecule has 1 heterocycles. The number of carbonyl (C=O) groups excluding carboxylic acids is 1. The first-order chi connectivity index (χ1) is 10.1. The zero-order chi connectivity index (χ0) is 15.2. The number of carbonyl (C=O) groups is 1. The summed E-state index contributed by atoms with van der Waals surface area (Å²) in [6, 6.07) is 9.47. The smallest absolute Gasteiger partial charge is 0.263 e. The van der Waals surface area contributed by atoms with Crippen LogP contribution in [0.4, 0.5) is 5.82 Å². The zero-order valence-electron chi connectivity index (χ0n) is 12.2. The van der Waals surface area contributed by atoms with Crippen molar-refractivity contribution < 1.29 is 9.53 Å². The van der Waals surface area contributed by atoms with Crippen LogP contribution in [-0.2, 0) is 11.3 Å². The molecule has 0 saturated heterocycles. The Morgan fingerprint density at radius 2 is 1.95 bits per heavy atom. The quantitative estimate of drug-likeness (QED) is 0.882. The van der Waals surface area contributed by atoms with Gasteiger partial charge in [-0.2, -0.15) is 0 Å². The van der Waals surface area contributed by atoms with Crippen molar-refractivity contribution in [2.45, 2.75) is 20.4 Å². The zero-order valence-corrected chi connectivity index (χ0v) is 12.2. The van der Waals surface area contributed by atoms with Crippen LogP contribution >= 0.6 is 0 Å². The number of benzene rings is 1. The highest BCUT2D eigenvalue weighted by atomic mass is 16.5. The number of ether oxygens (including phenoxy) is 1. The van der Waals surface area contributed by atoms with Crippen molar-refractivity contribution in [3.05, 3.63) is 53.2 Å². The van der Waals surface area contributed by atoms with E-state index >= 15 is 0 Å². The maximum Gasteiger partial charge on any atom is 0.263 e. The van der Waals surface area contributed by atoms with Gasteiger partial charge in [-0.15, -0.1) is 0 Å². The molecule has 2 aromatic rings. The molecule has 1 aromatic carbocycles. The number of nitrogens with one attached hydrogen (secondary N) is 1. The molecule has 0 spiro atoms. The van der Waals surface area contributed by atoms with Gasteiger partial charge in [-0.05, 0) is 31.0 Å². The number of hydrogen-bond donors (Lipinski definition) is 2. The van der Waals surface area contributed by atoms with Gasteiger partial charge >= 0.3 is 0 Å². The molecule has 5 nitrogen and oxygen atoms in total. The number of rotatable bonds is 5. The third-order valence-corrected chi connectivity index (χ3v) is 3.13. The minimum atomic E-state index is -0.258. The highest BCUT2D eigenvalue weighted by molar-refractivity contribution is 5.91. The van der Waals surface area contributed by atoms with Gasteiger partial charge in [0, 0.05) is 18.3 Å². The molecule has 0 atom stereocenters. The van der Waals surface area contributed by atoms with Crippen LogP contribution < -0.4 is 15.8 Å². The average Bonchev–Trinajstić information content (AvgIpc) is 2.47. The molecule has 0 aliphatic rings. The molecule has 0 aliphatic heterocycles. The normalized spacial score (nSPS) is 10.2. The predicted octanol–water partition coefficient (Wildman–Crippen LogP) is 2.17. The first-order valence-electron chi connectivity index (χ1n) is 6.74. The fourth-order valence-electron chi connectivity index (χ4n) is 2.05. The summed E-state index contributed by atoms with van der Waals surface area (Å²) in [6.45, 7) is 4.16. The van der Waals surface area contributed by atoms with Gasteiger partial charge in [-0.3, -0.25) is 4.79 Å². The molecule has 5 heteroatoms. The van der Waals surface area contributed by atoms with Crippen LogP contribution in [0.1, 0.15) is 16.7 Å². The summed E-state index contributed by atoms with van der Waals surface area (Å²) in [6.07, 6.45) is 1.61. The maximum atomic E-state index is 12.0. The van der Waals surface area contributed by atoms with Crippen LogP contribution in [0.15, 0.2) is 36.5 Å². The lowest BCUT2D eigenvalue weighted by Crippen LogP contribution is -2.22. The van der Waals surface area contributed by atoms with Crippen molar-refractivity contribution in [3.63, 3.8) is 0 Å². The van der Waals surface area contributed by atoms with E-state index in [1.165, 1.54) is 0 Å². The van der Waals surface area contributed by atoms with Crippen molar-refractivity contribution in [2.24, 2.45) is 5.73 Å². The van der Waals surface area contributed by atoms with Crippen LogP contribution in [0.3, 0.4) is 0 Å². The molecule has 1 amide bonds. The van der Waals surface area contributed by atoms with E-state index in [1.54, 1.807) is 12.3 Å². The van der Waals surface area contributed by atoms with Gasteiger partial charge in [0.05, 0.1) is 0 Å². The van der Waals surface area contributed by atoms with E-state index in [9.17, 15) is 4.79 Å². The lowest BCUT2D eigenvalue weighted by molar-refractivity contribution is -0.118. The fourth-order valence-corrected chi connectivity index (χ4v) is 2.05. The minimum Gasteiger partial charge on any atom is -0.483 e. The molecule has 3 N–H and O–H groups in total. The molecule has 0 unspecified atom stereocenters. The third kappa shape index (κ3) is 3.79. The van der Waals surface area contributed by atoms with Crippen LogP contribution in [0.25, 0.3) is 0 Å². The SMILES string of the molecule is Cc1cccc(C)c1OCC(=O)Nc1ncccc1CN. The third-order valence-electron chi connectivity index (χ3n) is 3.13. The lowest BCUT2D eigenvalue weighted by atomic mass is 10.1. The Hall–Kier alpha value is -2.40. The summed E-state index contributed by atoms with van der Waals surface area (Å²) in [4.78, 5) is 16.1. The highest BCUT2D eigenvalue weighted by Crippen LogP contribution is 2.22. The summed E-state index contributed by atoms with van der Waals surface area (Å²) in [5.41, 5.74) is 8.40. The monoisotopic (exact) mass is 285 g/mol. The first-order valence-corrected chi connectivity index (χ1v) is 6.74. The van der Waals surface area contributed by atoms with E-state index in [0.29, 0.717) is 12.4 Å². The van der Waals surface area contributed by atoms with Gasteiger partial charge in [0.2, 0.25) is 0 Å². The number of pyridine rings is 1. The Morgan fingerprint density at radius 3 is 2.62 bits per heavy atom. The van der Waals surface area contributed by atoms with Crippen LogP contribution in [0.5, 0.6) is 5.75 Å². The van der Waals surface area contributed by atoms with Gasteiger partial charge in [0.15, 0.2) is 6.61 Å². The van der Waals surface area contributed by atoms with Gasteiger partial charge in [-0.1, -0.05) is 24.3 Å². The Kier molecular flexibility index (Phi) is 4.90.